The lowest BCUT2D eigenvalue weighted by Gasteiger charge is -2.32. The summed E-state index contributed by atoms with van der Waals surface area (Å²) in [5.41, 5.74) is 2.51. The normalized spacial score (nSPS) is 20.1. The van der Waals surface area contributed by atoms with Gasteiger partial charge in [0.25, 0.3) is 0 Å². The molecule has 4 N–H and O–H groups in total. The molecule has 19 heavy (non-hydrogen) atoms. The fourth-order valence-electron chi connectivity index (χ4n) is 2.41. The molecule has 0 radical (unpaired) electrons. The molecule has 7 nitrogen and oxygen atoms in total. The Morgan fingerprint density at radius 3 is 2.89 bits per heavy atom. The molecule has 0 amide bonds. The first kappa shape index (κ1) is 13.8. The van der Waals surface area contributed by atoms with E-state index in [9.17, 15) is 0 Å². The highest BCUT2D eigenvalue weighted by atomic mass is 16.5. The van der Waals surface area contributed by atoms with Gasteiger partial charge in [0.2, 0.25) is 5.75 Å². The third kappa shape index (κ3) is 3.24. The fourth-order valence-corrected chi connectivity index (χ4v) is 2.41. The van der Waals surface area contributed by atoms with Crippen LogP contribution in [0.5, 0.6) is 5.75 Å². The summed E-state index contributed by atoms with van der Waals surface area (Å²) < 4.78 is 5.29. The van der Waals surface area contributed by atoms with Crippen LogP contribution in [0.3, 0.4) is 0 Å². The van der Waals surface area contributed by atoms with Gasteiger partial charge in [-0.05, 0) is 26.4 Å². The van der Waals surface area contributed by atoms with Gasteiger partial charge < -0.3 is 20.4 Å². The largest absolute Gasteiger partial charge is 0.490 e. The van der Waals surface area contributed by atoms with Crippen LogP contribution in [-0.4, -0.2) is 48.2 Å². The maximum Gasteiger partial charge on any atom is 0.205 e. The number of hydrogen-bond acceptors (Lipinski definition) is 7. The molecule has 1 aromatic rings. The molecule has 1 unspecified atom stereocenters. The highest BCUT2D eigenvalue weighted by molar-refractivity contribution is 5.63. The number of rotatable bonds is 5. The first-order chi connectivity index (χ1) is 9.26. The first-order valence-corrected chi connectivity index (χ1v) is 6.56. The topological polar surface area (TPSA) is 88.3 Å². The Labute approximate surface area is 113 Å². The van der Waals surface area contributed by atoms with Crippen LogP contribution in [0.4, 0.5) is 11.6 Å². The Bertz CT molecular complexity index is 413. The van der Waals surface area contributed by atoms with Crippen molar-refractivity contribution in [2.45, 2.75) is 25.3 Å². The molecule has 1 saturated heterocycles. The molecule has 1 fully saturated rings. The molecule has 1 atom stereocenters. The second kappa shape index (κ2) is 6.53. The molecular weight excluding hydrogens is 244 g/mol. The number of nitrogen functional groups attached to an aromatic ring is 1. The lowest BCUT2D eigenvalue weighted by Crippen LogP contribution is -2.40. The maximum atomic E-state index is 5.40. The zero-order valence-electron chi connectivity index (χ0n) is 11.5. The fraction of sp³-hybridized carbons (Fsp3) is 0.667. The smallest absolute Gasteiger partial charge is 0.205 e. The van der Waals surface area contributed by atoms with Crippen molar-refractivity contribution in [2.24, 2.45) is 5.84 Å². The summed E-state index contributed by atoms with van der Waals surface area (Å²) in [5, 5.41) is 3.33. The van der Waals surface area contributed by atoms with Crippen molar-refractivity contribution in [3.8, 4) is 5.75 Å². The summed E-state index contributed by atoms with van der Waals surface area (Å²) >= 11 is 0. The summed E-state index contributed by atoms with van der Waals surface area (Å²) in [4.78, 5) is 10.6. The molecule has 0 bridgehead atoms. The third-order valence-electron chi connectivity index (χ3n) is 3.57. The number of hydrogen-bond donors (Lipinski definition) is 3. The van der Waals surface area contributed by atoms with Crippen molar-refractivity contribution < 1.29 is 4.74 Å². The van der Waals surface area contributed by atoms with E-state index in [1.165, 1.54) is 25.6 Å². The zero-order valence-corrected chi connectivity index (χ0v) is 11.5. The molecule has 0 saturated carbocycles. The van der Waals surface area contributed by atoms with E-state index in [-0.39, 0.29) is 0 Å². The van der Waals surface area contributed by atoms with Gasteiger partial charge in [-0.3, -0.25) is 0 Å². The Morgan fingerprint density at radius 2 is 2.21 bits per heavy atom. The van der Waals surface area contributed by atoms with Gasteiger partial charge in [-0.1, -0.05) is 6.42 Å². The standard InChI is InChI=1S/C12H22N6O/c1-18-6-4-3-5-9(18)7-14-11-10(19-2)12(17-13)16-8-15-11/h8-9H,3-7,13H2,1-2H3,(H2,14,15,16,17). The Balaban J connectivity index is 2.02. The van der Waals surface area contributed by atoms with E-state index in [2.05, 4.69) is 32.7 Å². The number of nitrogens with zero attached hydrogens (tertiary/aromatic N) is 3. The molecular formula is C12H22N6O. The van der Waals surface area contributed by atoms with Gasteiger partial charge in [-0.2, -0.15) is 0 Å². The Morgan fingerprint density at radius 1 is 1.42 bits per heavy atom. The second-order valence-electron chi connectivity index (χ2n) is 4.76. The second-order valence-corrected chi connectivity index (χ2v) is 4.76. The predicted octanol–water partition coefficient (Wildman–Crippen LogP) is 0.667. The van der Waals surface area contributed by atoms with Crippen LogP contribution < -0.4 is 21.3 Å². The van der Waals surface area contributed by atoms with Crippen molar-refractivity contribution >= 4 is 11.6 Å². The number of ether oxygens (including phenoxy) is 1. The van der Waals surface area contributed by atoms with Crippen LogP contribution in [0.25, 0.3) is 0 Å². The van der Waals surface area contributed by atoms with Crippen LogP contribution in [0, 0.1) is 0 Å². The molecule has 0 spiro atoms. The number of anilines is 2. The first-order valence-electron chi connectivity index (χ1n) is 6.56. The van der Waals surface area contributed by atoms with Crippen molar-refractivity contribution in [1.29, 1.82) is 0 Å². The van der Waals surface area contributed by atoms with Gasteiger partial charge in [-0.25, -0.2) is 15.8 Å². The van der Waals surface area contributed by atoms with Crippen molar-refractivity contribution in [3.05, 3.63) is 6.33 Å². The monoisotopic (exact) mass is 266 g/mol. The van der Waals surface area contributed by atoms with Gasteiger partial charge in [0.15, 0.2) is 11.6 Å². The van der Waals surface area contributed by atoms with Gasteiger partial charge in [0, 0.05) is 12.6 Å². The van der Waals surface area contributed by atoms with Crippen LogP contribution in [0.1, 0.15) is 19.3 Å². The van der Waals surface area contributed by atoms with Crippen LogP contribution in [0.2, 0.25) is 0 Å². The zero-order chi connectivity index (χ0) is 13.7. The summed E-state index contributed by atoms with van der Waals surface area (Å²) in [6.45, 7) is 2.00. The van der Waals surface area contributed by atoms with E-state index >= 15 is 0 Å². The summed E-state index contributed by atoms with van der Waals surface area (Å²) in [7, 11) is 3.74. The quantitative estimate of drug-likeness (QED) is 0.533. The van der Waals surface area contributed by atoms with E-state index in [0.29, 0.717) is 23.4 Å². The predicted molar refractivity (Wildman–Crippen MR) is 75.2 cm³/mol. The van der Waals surface area contributed by atoms with Crippen LogP contribution >= 0.6 is 0 Å². The minimum Gasteiger partial charge on any atom is -0.490 e. The molecule has 0 aromatic carbocycles. The molecule has 2 heterocycles. The third-order valence-corrected chi connectivity index (χ3v) is 3.57. The number of nitrogens with two attached hydrogens (primary N) is 1. The summed E-state index contributed by atoms with van der Waals surface area (Å²) in [6.07, 6.45) is 5.24. The van der Waals surface area contributed by atoms with Gasteiger partial charge >= 0.3 is 0 Å². The molecule has 0 aliphatic carbocycles. The lowest BCUT2D eigenvalue weighted by atomic mass is 10.0. The average Bonchev–Trinajstić information content (AvgIpc) is 2.45. The van der Waals surface area contributed by atoms with Gasteiger partial charge in [0.1, 0.15) is 6.33 Å². The minimum absolute atomic E-state index is 0.483. The number of nitrogens with one attached hydrogen (secondary N) is 2. The molecule has 7 heteroatoms. The van der Waals surface area contributed by atoms with E-state index in [1.807, 2.05) is 0 Å². The van der Waals surface area contributed by atoms with Crippen LogP contribution in [0.15, 0.2) is 6.33 Å². The molecule has 1 aliphatic rings. The summed E-state index contributed by atoms with van der Waals surface area (Å²) in [5.74, 6) is 7.10. The molecule has 2 rings (SSSR count). The van der Waals surface area contributed by atoms with Crippen molar-refractivity contribution in [2.75, 3.05) is 38.0 Å². The lowest BCUT2D eigenvalue weighted by molar-refractivity contribution is 0.194. The minimum atomic E-state index is 0.483. The Kier molecular flexibility index (Phi) is 4.75. The maximum absolute atomic E-state index is 5.40. The highest BCUT2D eigenvalue weighted by Crippen LogP contribution is 2.28. The van der Waals surface area contributed by atoms with Gasteiger partial charge in [0.05, 0.1) is 7.11 Å². The number of aromatic nitrogens is 2. The van der Waals surface area contributed by atoms with Crippen molar-refractivity contribution in [3.63, 3.8) is 0 Å². The summed E-state index contributed by atoms with van der Waals surface area (Å²) in [6, 6.07) is 0.530. The number of piperidine rings is 1. The van der Waals surface area contributed by atoms with E-state index in [0.717, 1.165) is 13.1 Å². The number of methoxy groups -OCH3 is 1. The SMILES string of the molecule is COc1c(NN)ncnc1NCC1CCCCN1C. The number of likely N-dealkylation sites (N-methyl/N-ethyl adjacent to an activating group) is 1. The number of hydrazine groups is 1. The molecule has 1 aliphatic heterocycles. The average molecular weight is 266 g/mol. The van der Waals surface area contributed by atoms with Crippen molar-refractivity contribution in [1.82, 2.24) is 14.9 Å². The molecule has 106 valence electrons. The number of likely N-dealkylation sites (tertiary alicyclic amines) is 1. The highest BCUT2D eigenvalue weighted by Gasteiger charge is 2.19. The van der Waals surface area contributed by atoms with E-state index < -0.39 is 0 Å². The van der Waals surface area contributed by atoms with Crippen LogP contribution in [-0.2, 0) is 0 Å². The van der Waals surface area contributed by atoms with Gasteiger partial charge in [-0.15, -0.1) is 0 Å². The Hall–Kier alpha value is -1.60. The molecule has 1 aromatic heterocycles. The van der Waals surface area contributed by atoms with E-state index in [4.69, 9.17) is 10.6 Å². The van der Waals surface area contributed by atoms with E-state index in [1.54, 1.807) is 7.11 Å².